The van der Waals surface area contributed by atoms with Gasteiger partial charge in [-0.2, -0.15) is 13.2 Å². The van der Waals surface area contributed by atoms with E-state index in [1.165, 1.54) is 12.3 Å². The second-order valence-electron chi connectivity index (χ2n) is 8.40. The van der Waals surface area contributed by atoms with Gasteiger partial charge in [-0.15, -0.1) is 0 Å². The Morgan fingerprint density at radius 3 is 2.40 bits per heavy atom. The molecule has 4 unspecified atom stereocenters. The summed E-state index contributed by atoms with van der Waals surface area (Å²) in [7, 11) is 1.12. The van der Waals surface area contributed by atoms with Crippen molar-refractivity contribution in [3.05, 3.63) is 94.3 Å². The quantitative estimate of drug-likeness (QED) is 0.528. The maximum absolute atomic E-state index is 13.7. The monoisotopic (exact) mass is 503 g/mol. The molecule has 0 radical (unpaired) electrons. The summed E-state index contributed by atoms with van der Waals surface area (Å²) in [6, 6.07) is 13.7. The number of carbonyl (C=O) groups excluding carboxylic acids is 2. The first kappa shape index (κ1) is 23.3. The van der Waals surface area contributed by atoms with Crippen LogP contribution in [0.25, 0.3) is 0 Å². The number of hydrogen-bond acceptors (Lipinski definition) is 6. The second kappa shape index (κ2) is 7.79. The number of esters is 1. The van der Waals surface area contributed by atoms with E-state index in [1.54, 1.807) is 30.3 Å². The largest absolute Gasteiger partial charge is 0.476 e. The van der Waals surface area contributed by atoms with Gasteiger partial charge >= 0.3 is 12.1 Å². The Bertz CT molecular complexity index is 1330. The number of carbonyl (C=O) groups is 2. The standard InChI is InChI=1S/C25H17ClF3NO5/c1-34-22(32)19-18(13-5-3-2-4-6-13)24(14-7-9-15(10-8-14)25(27,28)29)23(19,33)21(31)20-17(35-24)11-16(26)12-30-20/h2-12,18-19,33H,1H3. The third-order valence-electron chi connectivity index (χ3n) is 6.69. The van der Waals surface area contributed by atoms with Gasteiger partial charge in [0, 0.05) is 18.2 Å². The molecule has 0 saturated heterocycles. The lowest BCUT2D eigenvalue weighted by Crippen LogP contribution is -2.80. The van der Waals surface area contributed by atoms with Crippen LogP contribution < -0.4 is 4.74 Å². The lowest BCUT2D eigenvalue weighted by molar-refractivity contribution is -0.251. The van der Waals surface area contributed by atoms with Crippen molar-refractivity contribution >= 4 is 23.4 Å². The van der Waals surface area contributed by atoms with E-state index in [1.807, 2.05) is 0 Å². The van der Waals surface area contributed by atoms with Gasteiger partial charge in [0.25, 0.3) is 0 Å². The first-order chi connectivity index (χ1) is 16.6. The third-order valence-corrected chi connectivity index (χ3v) is 6.90. The molecule has 180 valence electrons. The number of alkyl halides is 3. The average Bonchev–Trinajstić information content (AvgIpc) is 2.84. The van der Waals surface area contributed by atoms with Crippen LogP contribution in [-0.2, 0) is 21.3 Å². The number of halogens is 4. The Balaban J connectivity index is 1.81. The van der Waals surface area contributed by atoms with Crippen molar-refractivity contribution in [1.29, 1.82) is 0 Å². The van der Waals surface area contributed by atoms with Crippen molar-refractivity contribution in [3.8, 4) is 5.75 Å². The molecule has 1 saturated carbocycles. The van der Waals surface area contributed by atoms with Gasteiger partial charge in [-0.25, -0.2) is 4.98 Å². The van der Waals surface area contributed by atoms with Gasteiger partial charge in [0.05, 0.1) is 17.7 Å². The molecule has 1 N–H and O–H groups in total. The highest BCUT2D eigenvalue weighted by Crippen LogP contribution is 2.68. The van der Waals surface area contributed by atoms with Crippen LogP contribution in [-0.4, -0.2) is 34.6 Å². The van der Waals surface area contributed by atoms with Crippen LogP contribution in [0.4, 0.5) is 13.2 Å². The Kier molecular flexibility index (Phi) is 5.19. The van der Waals surface area contributed by atoms with E-state index in [0.717, 1.165) is 31.4 Å². The molecule has 1 aliphatic carbocycles. The molecule has 2 aliphatic rings. The van der Waals surface area contributed by atoms with Gasteiger partial charge in [-0.3, -0.25) is 9.59 Å². The topological polar surface area (TPSA) is 85.7 Å². The van der Waals surface area contributed by atoms with E-state index < -0.39 is 46.5 Å². The summed E-state index contributed by atoms with van der Waals surface area (Å²) in [5.74, 6) is -4.27. The van der Waals surface area contributed by atoms with E-state index >= 15 is 0 Å². The Labute approximate surface area is 202 Å². The van der Waals surface area contributed by atoms with Crippen LogP contribution in [0, 0.1) is 5.92 Å². The third kappa shape index (κ3) is 3.11. The van der Waals surface area contributed by atoms with Crippen LogP contribution in [0.1, 0.15) is 33.1 Å². The van der Waals surface area contributed by atoms with Crippen molar-refractivity contribution in [2.75, 3.05) is 7.11 Å². The molecule has 1 aromatic heterocycles. The molecule has 0 bridgehead atoms. The smallest absolute Gasteiger partial charge is 0.416 e. The van der Waals surface area contributed by atoms with Crippen molar-refractivity contribution < 1.29 is 37.3 Å². The molecule has 10 heteroatoms. The molecule has 0 amide bonds. The highest BCUT2D eigenvalue weighted by atomic mass is 35.5. The minimum absolute atomic E-state index is 0.0590. The van der Waals surface area contributed by atoms with Crippen LogP contribution in [0.5, 0.6) is 5.75 Å². The van der Waals surface area contributed by atoms with Gasteiger partial charge in [0.15, 0.2) is 22.6 Å². The van der Waals surface area contributed by atoms with Crippen molar-refractivity contribution in [1.82, 2.24) is 4.98 Å². The highest BCUT2D eigenvalue weighted by Gasteiger charge is 2.82. The van der Waals surface area contributed by atoms with E-state index in [2.05, 4.69) is 4.98 Å². The minimum Gasteiger partial charge on any atom is -0.476 e. The first-order valence-electron chi connectivity index (χ1n) is 10.5. The second-order valence-corrected chi connectivity index (χ2v) is 8.83. The van der Waals surface area contributed by atoms with Gasteiger partial charge in [-0.05, 0) is 23.3 Å². The molecule has 3 aromatic rings. The summed E-state index contributed by atoms with van der Waals surface area (Å²) in [5.41, 5.74) is -5.07. The van der Waals surface area contributed by atoms with Gasteiger partial charge < -0.3 is 14.6 Å². The molecule has 1 aliphatic heterocycles. The summed E-state index contributed by atoms with van der Waals surface area (Å²) in [6.45, 7) is 0. The SMILES string of the molecule is COC(=O)C1C(c2ccccc2)C2(c3ccc(C(F)(F)F)cc3)Oc3cc(Cl)cnc3C(=O)C12O. The van der Waals surface area contributed by atoms with Gasteiger partial charge in [0.2, 0.25) is 5.78 Å². The van der Waals surface area contributed by atoms with Gasteiger partial charge in [-0.1, -0.05) is 54.1 Å². The summed E-state index contributed by atoms with van der Waals surface area (Å²) in [4.78, 5) is 30.6. The number of aliphatic hydroxyl groups is 1. The van der Waals surface area contributed by atoms with Crippen molar-refractivity contribution in [2.45, 2.75) is 23.3 Å². The predicted molar refractivity (Wildman–Crippen MR) is 117 cm³/mol. The zero-order valence-corrected chi connectivity index (χ0v) is 18.8. The molecule has 6 nitrogen and oxygen atoms in total. The van der Waals surface area contributed by atoms with E-state index in [0.29, 0.717) is 5.56 Å². The number of methoxy groups -OCH3 is 1. The number of aromatic nitrogens is 1. The maximum Gasteiger partial charge on any atom is 0.416 e. The number of pyridine rings is 1. The number of benzene rings is 2. The highest BCUT2D eigenvalue weighted by molar-refractivity contribution is 6.30. The summed E-state index contributed by atoms with van der Waals surface area (Å²) in [6.07, 6.45) is -3.41. The fourth-order valence-corrected chi connectivity index (χ4v) is 5.36. The van der Waals surface area contributed by atoms with E-state index in [9.17, 15) is 27.9 Å². The number of ketones is 1. The van der Waals surface area contributed by atoms with Crippen LogP contribution >= 0.6 is 11.6 Å². The fourth-order valence-electron chi connectivity index (χ4n) is 5.21. The lowest BCUT2D eigenvalue weighted by Gasteiger charge is -2.64. The maximum atomic E-state index is 13.7. The predicted octanol–water partition coefficient (Wildman–Crippen LogP) is 4.54. The summed E-state index contributed by atoms with van der Waals surface area (Å²) < 4.78 is 51.0. The number of nitrogens with zero attached hydrogens (tertiary/aromatic N) is 1. The number of Topliss-reactive ketones (excluding diaryl/α,β-unsaturated/α-hetero) is 1. The number of hydrogen-bond donors (Lipinski definition) is 1. The molecular weight excluding hydrogens is 487 g/mol. The number of fused-ring (bicyclic) bond motifs is 2. The molecule has 2 heterocycles. The zero-order valence-electron chi connectivity index (χ0n) is 18.0. The van der Waals surface area contributed by atoms with Crippen LogP contribution in [0.15, 0.2) is 66.9 Å². The normalized spacial score (nSPS) is 27.2. The summed E-state index contributed by atoms with van der Waals surface area (Å²) in [5, 5.41) is 12.1. The minimum atomic E-state index is -4.60. The molecule has 4 atom stereocenters. The Hall–Kier alpha value is -3.43. The molecule has 35 heavy (non-hydrogen) atoms. The molecule has 2 aromatic carbocycles. The zero-order chi connectivity index (χ0) is 25.2. The van der Waals surface area contributed by atoms with Crippen molar-refractivity contribution in [3.63, 3.8) is 0 Å². The number of ether oxygens (including phenoxy) is 2. The lowest BCUT2D eigenvalue weighted by atomic mass is 9.44. The molecule has 5 rings (SSSR count). The molecule has 1 fully saturated rings. The van der Waals surface area contributed by atoms with E-state index in [-0.39, 0.29) is 22.0 Å². The molecule has 0 spiro atoms. The van der Waals surface area contributed by atoms with Gasteiger partial charge in [0.1, 0.15) is 5.92 Å². The van der Waals surface area contributed by atoms with Crippen LogP contribution in [0.3, 0.4) is 0 Å². The molecular formula is C25H17ClF3NO5. The number of rotatable bonds is 3. The Morgan fingerprint density at radius 1 is 1.14 bits per heavy atom. The Morgan fingerprint density at radius 2 is 1.80 bits per heavy atom. The first-order valence-corrected chi connectivity index (χ1v) is 10.9. The van der Waals surface area contributed by atoms with E-state index in [4.69, 9.17) is 21.1 Å². The fraction of sp³-hybridized carbons (Fsp3) is 0.240. The van der Waals surface area contributed by atoms with Crippen LogP contribution in [0.2, 0.25) is 5.02 Å². The average molecular weight is 504 g/mol. The van der Waals surface area contributed by atoms with Crippen molar-refractivity contribution in [2.24, 2.45) is 5.92 Å². The summed E-state index contributed by atoms with van der Waals surface area (Å²) >= 11 is 6.06.